The quantitative estimate of drug-likeness (QED) is 0.649. The van der Waals surface area contributed by atoms with Crippen molar-refractivity contribution in [3.8, 4) is 0 Å². The van der Waals surface area contributed by atoms with E-state index in [4.69, 9.17) is 21.1 Å². The Morgan fingerprint density at radius 2 is 2.10 bits per heavy atom. The standard InChI is InChI=1S/C14H21ClFNO3/c1-2-19-5-6-20-10-12(18)9-17-8-11-3-4-14(16)13(15)7-11/h3-4,7,12,17-18H,2,5-6,8-10H2,1H3. The molecule has 0 aliphatic heterocycles. The van der Waals surface area contributed by atoms with E-state index in [-0.39, 0.29) is 11.6 Å². The summed E-state index contributed by atoms with van der Waals surface area (Å²) >= 11 is 5.68. The summed E-state index contributed by atoms with van der Waals surface area (Å²) in [5, 5.41) is 12.8. The van der Waals surface area contributed by atoms with Crippen molar-refractivity contribution in [1.82, 2.24) is 5.32 Å². The largest absolute Gasteiger partial charge is 0.389 e. The Hall–Kier alpha value is -0.720. The van der Waals surface area contributed by atoms with E-state index < -0.39 is 11.9 Å². The molecule has 1 unspecified atom stereocenters. The van der Waals surface area contributed by atoms with Gasteiger partial charge in [-0.3, -0.25) is 0 Å². The van der Waals surface area contributed by atoms with Crippen LogP contribution in [0.1, 0.15) is 12.5 Å². The summed E-state index contributed by atoms with van der Waals surface area (Å²) in [5.74, 6) is -0.432. The Labute approximate surface area is 123 Å². The maximum Gasteiger partial charge on any atom is 0.141 e. The van der Waals surface area contributed by atoms with E-state index in [9.17, 15) is 9.50 Å². The van der Waals surface area contributed by atoms with E-state index in [1.807, 2.05) is 6.92 Å². The first-order valence-corrected chi connectivity index (χ1v) is 6.99. The second kappa shape index (κ2) is 10.1. The lowest BCUT2D eigenvalue weighted by atomic mass is 10.2. The lowest BCUT2D eigenvalue weighted by Crippen LogP contribution is -2.30. The zero-order valence-corrected chi connectivity index (χ0v) is 12.3. The van der Waals surface area contributed by atoms with E-state index in [0.717, 1.165) is 5.56 Å². The molecule has 1 aromatic carbocycles. The number of hydrogen-bond donors (Lipinski definition) is 2. The number of nitrogens with one attached hydrogen (secondary N) is 1. The monoisotopic (exact) mass is 305 g/mol. The molecular weight excluding hydrogens is 285 g/mol. The molecule has 0 heterocycles. The molecule has 6 heteroatoms. The van der Waals surface area contributed by atoms with Crippen molar-refractivity contribution >= 4 is 11.6 Å². The lowest BCUT2D eigenvalue weighted by molar-refractivity contribution is 0.00642. The molecule has 0 fully saturated rings. The van der Waals surface area contributed by atoms with Crippen molar-refractivity contribution in [2.24, 2.45) is 0 Å². The fourth-order valence-electron chi connectivity index (χ4n) is 1.57. The fourth-order valence-corrected chi connectivity index (χ4v) is 1.78. The minimum atomic E-state index is -0.590. The maximum absolute atomic E-state index is 13.0. The molecule has 114 valence electrons. The van der Waals surface area contributed by atoms with Crippen LogP contribution in [0.5, 0.6) is 0 Å². The molecule has 1 rings (SSSR count). The van der Waals surface area contributed by atoms with Crippen molar-refractivity contribution in [3.05, 3.63) is 34.6 Å². The number of ether oxygens (including phenoxy) is 2. The van der Waals surface area contributed by atoms with Crippen LogP contribution in [0, 0.1) is 5.82 Å². The Morgan fingerprint density at radius 1 is 1.35 bits per heavy atom. The Morgan fingerprint density at radius 3 is 2.80 bits per heavy atom. The molecule has 0 aliphatic rings. The average molecular weight is 306 g/mol. The molecule has 0 aliphatic carbocycles. The Bertz CT molecular complexity index is 393. The highest BCUT2D eigenvalue weighted by Crippen LogP contribution is 2.15. The second-order valence-corrected chi connectivity index (χ2v) is 4.71. The molecule has 0 radical (unpaired) electrons. The van der Waals surface area contributed by atoms with Gasteiger partial charge < -0.3 is 19.9 Å². The Balaban J connectivity index is 2.12. The van der Waals surface area contributed by atoms with Gasteiger partial charge in [0, 0.05) is 19.7 Å². The van der Waals surface area contributed by atoms with Gasteiger partial charge in [0.25, 0.3) is 0 Å². The SMILES string of the molecule is CCOCCOCC(O)CNCc1ccc(F)c(Cl)c1. The first-order chi connectivity index (χ1) is 9.63. The summed E-state index contributed by atoms with van der Waals surface area (Å²) in [5.41, 5.74) is 0.862. The highest BCUT2D eigenvalue weighted by Gasteiger charge is 2.05. The second-order valence-electron chi connectivity index (χ2n) is 4.31. The lowest BCUT2D eigenvalue weighted by Gasteiger charge is -2.12. The van der Waals surface area contributed by atoms with Crippen LogP contribution in [-0.4, -0.2) is 44.2 Å². The van der Waals surface area contributed by atoms with Crippen molar-refractivity contribution < 1.29 is 19.0 Å². The summed E-state index contributed by atoms with van der Waals surface area (Å²) in [4.78, 5) is 0. The number of rotatable bonds is 10. The minimum Gasteiger partial charge on any atom is -0.389 e. The van der Waals surface area contributed by atoms with Crippen LogP contribution in [-0.2, 0) is 16.0 Å². The summed E-state index contributed by atoms with van der Waals surface area (Å²) in [6.45, 7) is 4.74. The average Bonchev–Trinajstić information content (AvgIpc) is 2.42. The van der Waals surface area contributed by atoms with Gasteiger partial charge in [0.05, 0.1) is 30.9 Å². The van der Waals surface area contributed by atoms with Crippen LogP contribution in [0.15, 0.2) is 18.2 Å². The fraction of sp³-hybridized carbons (Fsp3) is 0.571. The van der Waals surface area contributed by atoms with Crippen LogP contribution in [0.3, 0.4) is 0 Å². The van der Waals surface area contributed by atoms with Gasteiger partial charge in [-0.2, -0.15) is 0 Å². The number of hydrogen-bond acceptors (Lipinski definition) is 4. The predicted octanol–water partition coefficient (Wildman–Crippen LogP) is 1.98. The smallest absolute Gasteiger partial charge is 0.141 e. The molecule has 0 saturated carbocycles. The number of aliphatic hydroxyl groups excluding tert-OH is 1. The van der Waals surface area contributed by atoms with E-state index in [1.54, 1.807) is 12.1 Å². The molecule has 2 N–H and O–H groups in total. The minimum absolute atomic E-state index is 0.101. The van der Waals surface area contributed by atoms with Gasteiger partial charge in [-0.25, -0.2) is 4.39 Å². The normalized spacial score (nSPS) is 12.6. The first kappa shape index (κ1) is 17.3. The highest BCUT2D eigenvalue weighted by atomic mass is 35.5. The molecule has 1 atom stereocenters. The molecule has 0 bridgehead atoms. The van der Waals surface area contributed by atoms with Gasteiger partial charge >= 0.3 is 0 Å². The molecule has 1 aromatic rings. The molecule has 0 saturated heterocycles. The number of aliphatic hydroxyl groups is 1. The van der Waals surface area contributed by atoms with Gasteiger partial charge in [-0.1, -0.05) is 17.7 Å². The van der Waals surface area contributed by atoms with E-state index in [1.165, 1.54) is 6.07 Å². The third-order valence-electron chi connectivity index (χ3n) is 2.58. The zero-order valence-electron chi connectivity index (χ0n) is 11.6. The van der Waals surface area contributed by atoms with Gasteiger partial charge in [0.1, 0.15) is 5.82 Å². The van der Waals surface area contributed by atoms with Crippen LogP contribution >= 0.6 is 11.6 Å². The molecular formula is C14H21ClFNO3. The first-order valence-electron chi connectivity index (χ1n) is 6.61. The van der Waals surface area contributed by atoms with E-state index in [2.05, 4.69) is 5.32 Å². The van der Waals surface area contributed by atoms with E-state index in [0.29, 0.717) is 32.9 Å². The Kier molecular flexibility index (Phi) is 8.73. The number of benzene rings is 1. The van der Waals surface area contributed by atoms with Crippen molar-refractivity contribution in [2.45, 2.75) is 19.6 Å². The third kappa shape index (κ3) is 7.17. The summed E-state index contributed by atoms with van der Waals surface area (Å²) in [6, 6.07) is 4.54. The molecule has 20 heavy (non-hydrogen) atoms. The zero-order chi connectivity index (χ0) is 14.8. The maximum atomic E-state index is 13.0. The summed E-state index contributed by atoms with van der Waals surface area (Å²) in [6.07, 6.45) is -0.590. The van der Waals surface area contributed by atoms with Gasteiger partial charge in [0.15, 0.2) is 0 Å². The van der Waals surface area contributed by atoms with Crippen LogP contribution < -0.4 is 5.32 Å². The molecule has 0 amide bonds. The van der Waals surface area contributed by atoms with Gasteiger partial charge in [-0.15, -0.1) is 0 Å². The molecule has 4 nitrogen and oxygen atoms in total. The van der Waals surface area contributed by atoms with Gasteiger partial charge in [0.2, 0.25) is 0 Å². The van der Waals surface area contributed by atoms with Crippen LogP contribution in [0.25, 0.3) is 0 Å². The van der Waals surface area contributed by atoms with Crippen LogP contribution in [0.2, 0.25) is 5.02 Å². The van der Waals surface area contributed by atoms with Gasteiger partial charge in [-0.05, 0) is 24.6 Å². The predicted molar refractivity (Wildman–Crippen MR) is 76.4 cm³/mol. The van der Waals surface area contributed by atoms with Crippen molar-refractivity contribution in [1.29, 1.82) is 0 Å². The molecule has 0 aromatic heterocycles. The summed E-state index contributed by atoms with van der Waals surface area (Å²) in [7, 11) is 0. The number of halogens is 2. The highest BCUT2D eigenvalue weighted by molar-refractivity contribution is 6.30. The van der Waals surface area contributed by atoms with Crippen molar-refractivity contribution in [2.75, 3.05) is 33.0 Å². The topological polar surface area (TPSA) is 50.7 Å². The van der Waals surface area contributed by atoms with E-state index >= 15 is 0 Å². The van der Waals surface area contributed by atoms with Crippen LogP contribution in [0.4, 0.5) is 4.39 Å². The van der Waals surface area contributed by atoms with Crippen molar-refractivity contribution in [3.63, 3.8) is 0 Å². The summed E-state index contributed by atoms with van der Waals surface area (Å²) < 4.78 is 23.3. The third-order valence-corrected chi connectivity index (χ3v) is 2.87. The molecule has 0 spiro atoms.